The van der Waals surface area contributed by atoms with E-state index in [9.17, 15) is 13.2 Å². The minimum atomic E-state index is -3.58. The minimum absolute atomic E-state index is 0.0368. The average molecular weight is 362 g/mol. The van der Waals surface area contributed by atoms with Crippen LogP contribution in [0.15, 0.2) is 57.9 Å². The van der Waals surface area contributed by atoms with Gasteiger partial charge in [-0.2, -0.15) is 0 Å². The van der Waals surface area contributed by atoms with Crippen LogP contribution in [0.2, 0.25) is 0 Å². The van der Waals surface area contributed by atoms with Crippen LogP contribution in [0.4, 0.5) is 0 Å². The van der Waals surface area contributed by atoms with Crippen molar-refractivity contribution in [3.8, 4) is 0 Å². The number of nitrogens with one attached hydrogen (secondary N) is 1. The van der Waals surface area contributed by atoms with E-state index in [2.05, 4.69) is 4.72 Å². The zero-order valence-corrected chi connectivity index (χ0v) is 15.1. The Morgan fingerprint density at radius 1 is 1.12 bits per heavy atom. The molecule has 0 unspecified atom stereocenters. The molecule has 0 saturated carbocycles. The SMILES string of the molecule is CCN(CC)C(=O)/C=C/c1ccc(CNS(=O)(=O)c2ccccc2)o1. The first-order chi connectivity index (χ1) is 12.0. The standard InChI is InChI=1S/C18H22N2O4S/c1-3-20(4-2)18(21)13-12-15-10-11-16(24-15)14-19-25(22,23)17-8-6-5-7-9-17/h5-13,19H,3-4,14H2,1-2H3/b13-12+. The van der Waals surface area contributed by atoms with Gasteiger partial charge in [0.1, 0.15) is 11.5 Å². The minimum Gasteiger partial charge on any atom is -0.460 e. The molecule has 2 aromatic rings. The Balaban J connectivity index is 1.97. The van der Waals surface area contributed by atoms with Crippen LogP contribution >= 0.6 is 0 Å². The number of nitrogens with zero attached hydrogens (tertiary/aromatic N) is 1. The number of rotatable bonds is 8. The van der Waals surface area contributed by atoms with Gasteiger partial charge in [-0.05, 0) is 44.2 Å². The van der Waals surface area contributed by atoms with Gasteiger partial charge in [0, 0.05) is 19.2 Å². The molecule has 0 bridgehead atoms. The van der Waals surface area contributed by atoms with Crippen LogP contribution in [-0.2, 0) is 21.4 Å². The van der Waals surface area contributed by atoms with Gasteiger partial charge in [-0.3, -0.25) is 4.79 Å². The fourth-order valence-electron chi connectivity index (χ4n) is 2.22. The Hall–Kier alpha value is -2.38. The molecule has 0 aliphatic heterocycles. The van der Waals surface area contributed by atoms with E-state index in [0.29, 0.717) is 24.6 Å². The molecule has 0 spiro atoms. The van der Waals surface area contributed by atoms with Crippen LogP contribution in [0.3, 0.4) is 0 Å². The van der Waals surface area contributed by atoms with E-state index in [1.807, 2.05) is 13.8 Å². The molecule has 0 aliphatic rings. The lowest BCUT2D eigenvalue weighted by molar-refractivity contribution is -0.125. The van der Waals surface area contributed by atoms with Gasteiger partial charge in [-0.25, -0.2) is 13.1 Å². The van der Waals surface area contributed by atoms with Gasteiger partial charge < -0.3 is 9.32 Å². The van der Waals surface area contributed by atoms with E-state index >= 15 is 0 Å². The summed E-state index contributed by atoms with van der Waals surface area (Å²) < 4.78 is 32.3. The molecule has 2 rings (SSSR count). The lowest BCUT2D eigenvalue weighted by atomic mass is 10.3. The van der Waals surface area contributed by atoms with Gasteiger partial charge >= 0.3 is 0 Å². The fraction of sp³-hybridized carbons (Fsp3) is 0.278. The first-order valence-electron chi connectivity index (χ1n) is 8.06. The molecule has 134 valence electrons. The topological polar surface area (TPSA) is 79.6 Å². The summed E-state index contributed by atoms with van der Waals surface area (Å²) in [4.78, 5) is 13.8. The van der Waals surface area contributed by atoms with E-state index in [0.717, 1.165) is 0 Å². The molecule has 0 fully saturated rings. The molecule has 0 aliphatic carbocycles. The van der Waals surface area contributed by atoms with Gasteiger partial charge in [0.25, 0.3) is 0 Å². The summed E-state index contributed by atoms with van der Waals surface area (Å²) in [5.41, 5.74) is 0. The second kappa shape index (κ2) is 8.64. The van der Waals surface area contributed by atoms with Crippen molar-refractivity contribution >= 4 is 22.0 Å². The second-order valence-corrected chi connectivity index (χ2v) is 7.05. The number of carbonyl (C=O) groups excluding carboxylic acids is 1. The Labute approximate surface area is 148 Å². The van der Waals surface area contributed by atoms with Crippen LogP contribution in [0.1, 0.15) is 25.4 Å². The molecule has 25 heavy (non-hydrogen) atoms. The highest BCUT2D eigenvalue weighted by atomic mass is 32.2. The highest BCUT2D eigenvalue weighted by Gasteiger charge is 2.13. The van der Waals surface area contributed by atoms with Crippen molar-refractivity contribution in [3.05, 3.63) is 60.1 Å². The highest BCUT2D eigenvalue weighted by Crippen LogP contribution is 2.12. The van der Waals surface area contributed by atoms with Crippen molar-refractivity contribution in [3.63, 3.8) is 0 Å². The molecule has 1 aromatic heterocycles. The van der Waals surface area contributed by atoms with E-state index < -0.39 is 10.0 Å². The fourth-order valence-corrected chi connectivity index (χ4v) is 3.24. The maximum Gasteiger partial charge on any atom is 0.246 e. The van der Waals surface area contributed by atoms with Crippen LogP contribution < -0.4 is 4.72 Å². The Morgan fingerprint density at radius 2 is 1.80 bits per heavy atom. The van der Waals surface area contributed by atoms with E-state index in [-0.39, 0.29) is 17.3 Å². The highest BCUT2D eigenvalue weighted by molar-refractivity contribution is 7.89. The molecule has 0 radical (unpaired) electrons. The molecule has 1 N–H and O–H groups in total. The summed E-state index contributed by atoms with van der Waals surface area (Å²) in [6.45, 7) is 5.15. The lowest BCUT2D eigenvalue weighted by Crippen LogP contribution is -2.28. The molecule has 0 atom stereocenters. The van der Waals surface area contributed by atoms with Gasteiger partial charge in [0.15, 0.2) is 0 Å². The van der Waals surface area contributed by atoms with Crippen molar-refractivity contribution in [2.24, 2.45) is 0 Å². The molecular formula is C18H22N2O4S. The largest absolute Gasteiger partial charge is 0.460 e. The molecule has 0 saturated heterocycles. The molecule has 1 aromatic carbocycles. The van der Waals surface area contributed by atoms with E-state index in [1.54, 1.807) is 41.3 Å². The first kappa shape index (κ1) is 19.0. The Kier molecular flexibility index (Phi) is 6.55. The van der Waals surface area contributed by atoms with Crippen molar-refractivity contribution in [2.45, 2.75) is 25.3 Å². The van der Waals surface area contributed by atoms with Gasteiger partial charge in [0.2, 0.25) is 15.9 Å². The maximum absolute atomic E-state index is 12.2. The number of amides is 1. The number of carbonyl (C=O) groups is 1. The molecule has 6 nitrogen and oxygen atoms in total. The lowest BCUT2D eigenvalue weighted by Gasteiger charge is -2.15. The molecule has 1 heterocycles. The van der Waals surface area contributed by atoms with Crippen molar-refractivity contribution in [1.29, 1.82) is 0 Å². The number of sulfonamides is 1. The van der Waals surface area contributed by atoms with Gasteiger partial charge in [-0.15, -0.1) is 0 Å². The van der Waals surface area contributed by atoms with Crippen LogP contribution in [0.5, 0.6) is 0 Å². The van der Waals surface area contributed by atoms with Crippen LogP contribution in [-0.4, -0.2) is 32.3 Å². The Bertz CT molecular complexity index is 822. The third kappa shape index (κ3) is 5.30. The summed E-state index contributed by atoms with van der Waals surface area (Å²) in [5.74, 6) is 0.872. The zero-order chi connectivity index (χ0) is 18.3. The molecule has 7 heteroatoms. The zero-order valence-electron chi connectivity index (χ0n) is 14.3. The number of hydrogen-bond acceptors (Lipinski definition) is 4. The monoisotopic (exact) mass is 362 g/mol. The van der Waals surface area contributed by atoms with Gasteiger partial charge in [-0.1, -0.05) is 18.2 Å². The van der Waals surface area contributed by atoms with Crippen LogP contribution in [0, 0.1) is 0 Å². The second-order valence-electron chi connectivity index (χ2n) is 5.29. The van der Waals surface area contributed by atoms with Crippen molar-refractivity contribution < 1.29 is 17.6 Å². The predicted octanol–water partition coefficient (Wildman–Crippen LogP) is 2.64. The average Bonchev–Trinajstić information content (AvgIpc) is 3.08. The number of furan rings is 1. The summed E-state index contributed by atoms with van der Waals surface area (Å²) in [6.07, 6.45) is 3.03. The summed E-state index contributed by atoms with van der Waals surface area (Å²) in [7, 11) is -3.58. The van der Waals surface area contributed by atoms with E-state index in [1.165, 1.54) is 18.2 Å². The molecule has 1 amide bonds. The Morgan fingerprint density at radius 3 is 2.44 bits per heavy atom. The number of hydrogen-bond donors (Lipinski definition) is 1. The molecular weight excluding hydrogens is 340 g/mol. The van der Waals surface area contributed by atoms with E-state index in [4.69, 9.17) is 4.42 Å². The van der Waals surface area contributed by atoms with Crippen LogP contribution in [0.25, 0.3) is 6.08 Å². The van der Waals surface area contributed by atoms with Gasteiger partial charge in [0.05, 0.1) is 11.4 Å². The third-order valence-corrected chi connectivity index (χ3v) is 5.05. The van der Waals surface area contributed by atoms with Crippen molar-refractivity contribution in [1.82, 2.24) is 9.62 Å². The number of likely N-dealkylation sites (N-methyl/N-ethyl adjacent to an activating group) is 1. The smallest absolute Gasteiger partial charge is 0.246 e. The third-order valence-electron chi connectivity index (χ3n) is 3.64. The summed E-state index contributed by atoms with van der Waals surface area (Å²) >= 11 is 0. The first-order valence-corrected chi connectivity index (χ1v) is 9.55. The maximum atomic E-state index is 12.2. The summed E-state index contributed by atoms with van der Waals surface area (Å²) in [6, 6.07) is 11.5. The van der Waals surface area contributed by atoms with Crippen molar-refractivity contribution in [2.75, 3.05) is 13.1 Å². The number of benzene rings is 1. The predicted molar refractivity (Wildman–Crippen MR) is 96.1 cm³/mol. The summed E-state index contributed by atoms with van der Waals surface area (Å²) in [5, 5.41) is 0. The normalized spacial score (nSPS) is 11.8. The quantitative estimate of drug-likeness (QED) is 0.732.